The van der Waals surface area contributed by atoms with Gasteiger partial charge in [-0.1, -0.05) is 11.8 Å². The van der Waals surface area contributed by atoms with Crippen molar-refractivity contribution in [3.05, 3.63) is 24.3 Å². The number of anilines is 1. The van der Waals surface area contributed by atoms with Crippen molar-refractivity contribution in [2.45, 2.75) is 30.6 Å². The molecular formula is C17H21N3O4S. The van der Waals surface area contributed by atoms with Gasteiger partial charge in [-0.25, -0.2) is 0 Å². The van der Waals surface area contributed by atoms with E-state index in [0.29, 0.717) is 17.4 Å². The second-order valence-corrected chi connectivity index (χ2v) is 7.05. The summed E-state index contributed by atoms with van der Waals surface area (Å²) in [5.41, 5.74) is 0.668. The van der Waals surface area contributed by atoms with E-state index in [1.807, 2.05) is 0 Å². The van der Waals surface area contributed by atoms with Crippen LogP contribution in [0.5, 0.6) is 5.75 Å². The molecular weight excluding hydrogens is 342 g/mol. The molecule has 2 atom stereocenters. The molecule has 134 valence electrons. The van der Waals surface area contributed by atoms with E-state index >= 15 is 0 Å². The summed E-state index contributed by atoms with van der Waals surface area (Å²) in [4.78, 5) is 28.6. The van der Waals surface area contributed by atoms with Crippen molar-refractivity contribution in [2.24, 2.45) is 4.99 Å². The first-order chi connectivity index (χ1) is 12.1. The highest BCUT2D eigenvalue weighted by molar-refractivity contribution is 8.15. The van der Waals surface area contributed by atoms with E-state index in [-0.39, 0.29) is 24.3 Å². The van der Waals surface area contributed by atoms with Crippen molar-refractivity contribution in [1.82, 2.24) is 5.32 Å². The smallest absolute Gasteiger partial charge is 0.240 e. The summed E-state index contributed by atoms with van der Waals surface area (Å²) in [6.45, 7) is 1.33. The lowest BCUT2D eigenvalue weighted by Gasteiger charge is -2.08. The Morgan fingerprint density at radius 3 is 2.92 bits per heavy atom. The van der Waals surface area contributed by atoms with Gasteiger partial charge in [0.2, 0.25) is 11.8 Å². The summed E-state index contributed by atoms with van der Waals surface area (Å²) in [5.74, 6) is 0.329. The number of rotatable bonds is 6. The molecule has 2 saturated heterocycles. The van der Waals surface area contributed by atoms with Gasteiger partial charge in [0.1, 0.15) is 11.0 Å². The Morgan fingerprint density at radius 2 is 2.24 bits per heavy atom. The van der Waals surface area contributed by atoms with Gasteiger partial charge in [0, 0.05) is 18.7 Å². The third-order valence-corrected chi connectivity index (χ3v) is 5.10. The highest BCUT2D eigenvalue weighted by Crippen LogP contribution is 2.24. The van der Waals surface area contributed by atoms with Crippen LogP contribution >= 0.6 is 11.8 Å². The molecule has 7 nitrogen and oxygen atoms in total. The molecule has 25 heavy (non-hydrogen) atoms. The van der Waals surface area contributed by atoms with Crippen molar-refractivity contribution in [1.29, 1.82) is 0 Å². The topological polar surface area (TPSA) is 89.0 Å². The number of thioether (sulfide) groups is 1. The van der Waals surface area contributed by atoms with E-state index in [9.17, 15) is 9.59 Å². The average molecular weight is 363 g/mol. The molecule has 0 spiro atoms. The number of ether oxygens (including phenoxy) is 2. The molecule has 3 rings (SSSR count). The second-order valence-electron chi connectivity index (χ2n) is 5.86. The number of benzene rings is 1. The average Bonchev–Trinajstić information content (AvgIpc) is 3.24. The van der Waals surface area contributed by atoms with Gasteiger partial charge < -0.3 is 20.1 Å². The molecule has 0 unspecified atom stereocenters. The van der Waals surface area contributed by atoms with Crippen molar-refractivity contribution in [3.63, 3.8) is 0 Å². The first-order valence-electron chi connectivity index (χ1n) is 8.21. The lowest BCUT2D eigenvalue weighted by atomic mass is 10.2. The van der Waals surface area contributed by atoms with Gasteiger partial charge in [-0.05, 0) is 37.1 Å². The number of carbonyl (C=O) groups excluding carboxylic acids is 2. The number of amides is 2. The number of amidine groups is 1. The van der Waals surface area contributed by atoms with Crippen LogP contribution in [0.15, 0.2) is 29.3 Å². The first-order valence-corrected chi connectivity index (χ1v) is 9.09. The summed E-state index contributed by atoms with van der Waals surface area (Å²) >= 11 is 1.30. The predicted octanol–water partition coefficient (Wildman–Crippen LogP) is 1.79. The van der Waals surface area contributed by atoms with Gasteiger partial charge in [-0.2, -0.15) is 0 Å². The lowest BCUT2D eigenvalue weighted by Crippen LogP contribution is -2.28. The number of nitrogens with one attached hydrogen (secondary N) is 2. The molecule has 2 heterocycles. The van der Waals surface area contributed by atoms with E-state index in [0.717, 1.165) is 25.2 Å². The SMILES string of the molecule is COc1ccc(NC(=O)C[C@@H]2SC(=NC[C@H]3CCCO3)NC2=O)cc1. The van der Waals surface area contributed by atoms with Gasteiger partial charge in [-0.15, -0.1) is 0 Å². The maximum atomic E-state index is 12.1. The van der Waals surface area contributed by atoms with E-state index in [1.54, 1.807) is 31.4 Å². The van der Waals surface area contributed by atoms with Crippen LogP contribution in [0.25, 0.3) is 0 Å². The molecule has 0 aromatic heterocycles. The molecule has 2 fully saturated rings. The van der Waals surface area contributed by atoms with Crippen LogP contribution in [0.1, 0.15) is 19.3 Å². The molecule has 0 aliphatic carbocycles. The molecule has 2 aliphatic heterocycles. The van der Waals surface area contributed by atoms with E-state index < -0.39 is 5.25 Å². The first kappa shape index (κ1) is 17.8. The molecule has 0 radical (unpaired) electrons. The summed E-state index contributed by atoms with van der Waals surface area (Å²) in [6, 6.07) is 7.05. The molecule has 2 amide bonds. The Labute approximate surface area is 150 Å². The zero-order valence-electron chi connectivity index (χ0n) is 14.0. The van der Waals surface area contributed by atoms with E-state index in [1.165, 1.54) is 11.8 Å². The Kier molecular flexibility index (Phi) is 5.93. The zero-order valence-corrected chi connectivity index (χ0v) is 14.8. The van der Waals surface area contributed by atoms with Gasteiger partial charge in [0.15, 0.2) is 5.17 Å². The molecule has 1 aromatic rings. The Hall–Kier alpha value is -2.06. The molecule has 8 heteroatoms. The van der Waals surface area contributed by atoms with Crippen LogP contribution in [-0.2, 0) is 14.3 Å². The second kappa shape index (κ2) is 8.35. The number of nitrogens with zero attached hydrogens (tertiary/aromatic N) is 1. The van der Waals surface area contributed by atoms with Crippen LogP contribution < -0.4 is 15.4 Å². The number of hydrogen-bond donors (Lipinski definition) is 2. The molecule has 1 aromatic carbocycles. The summed E-state index contributed by atoms with van der Waals surface area (Å²) in [5, 5.41) is 5.63. The highest BCUT2D eigenvalue weighted by Gasteiger charge is 2.32. The van der Waals surface area contributed by atoms with Crippen LogP contribution in [0.2, 0.25) is 0 Å². The monoisotopic (exact) mass is 363 g/mol. The number of methoxy groups -OCH3 is 1. The van der Waals surface area contributed by atoms with Gasteiger partial charge in [0.05, 0.1) is 19.8 Å². The minimum Gasteiger partial charge on any atom is -0.497 e. The van der Waals surface area contributed by atoms with Gasteiger partial charge in [-0.3, -0.25) is 14.6 Å². The van der Waals surface area contributed by atoms with Crippen molar-refractivity contribution in [2.75, 3.05) is 25.6 Å². The zero-order chi connectivity index (χ0) is 17.6. The Morgan fingerprint density at radius 1 is 1.44 bits per heavy atom. The number of carbonyl (C=O) groups is 2. The lowest BCUT2D eigenvalue weighted by molar-refractivity contribution is -0.122. The summed E-state index contributed by atoms with van der Waals surface area (Å²) in [7, 11) is 1.58. The standard InChI is InChI=1S/C17H21N3O4S/c1-23-12-6-4-11(5-7-12)19-15(21)9-14-16(22)20-17(25-14)18-10-13-3-2-8-24-13/h4-7,13-14H,2-3,8-10H2,1H3,(H,19,21)(H,18,20,22)/t13-,14+/m1/s1. The minimum atomic E-state index is -0.457. The van der Waals surface area contributed by atoms with Crippen LogP contribution in [0.3, 0.4) is 0 Å². The maximum absolute atomic E-state index is 12.1. The molecule has 2 N–H and O–H groups in total. The normalized spacial score (nSPS) is 24.4. The highest BCUT2D eigenvalue weighted by atomic mass is 32.2. The Balaban J connectivity index is 1.48. The maximum Gasteiger partial charge on any atom is 0.240 e. The largest absolute Gasteiger partial charge is 0.497 e. The van der Waals surface area contributed by atoms with E-state index in [2.05, 4.69) is 15.6 Å². The van der Waals surface area contributed by atoms with Crippen molar-refractivity contribution >= 4 is 34.4 Å². The molecule has 0 saturated carbocycles. The summed E-state index contributed by atoms with van der Waals surface area (Å²) < 4.78 is 10.6. The minimum absolute atomic E-state index is 0.0987. The predicted molar refractivity (Wildman–Crippen MR) is 97.0 cm³/mol. The summed E-state index contributed by atoms with van der Waals surface area (Å²) in [6.07, 6.45) is 2.30. The van der Waals surface area contributed by atoms with Crippen LogP contribution in [0.4, 0.5) is 5.69 Å². The third kappa shape index (κ3) is 4.96. The third-order valence-electron chi connectivity index (χ3n) is 3.98. The van der Waals surface area contributed by atoms with Gasteiger partial charge >= 0.3 is 0 Å². The van der Waals surface area contributed by atoms with Crippen molar-refractivity contribution in [3.8, 4) is 5.75 Å². The van der Waals surface area contributed by atoms with Crippen LogP contribution in [-0.4, -0.2) is 48.6 Å². The molecule has 0 bridgehead atoms. The fourth-order valence-corrected chi connectivity index (χ4v) is 3.62. The van der Waals surface area contributed by atoms with Gasteiger partial charge in [0.25, 0.3) is 0 Å². The Bertz CT molecular complexity index is 656. The van der Waals surface area contributed by atoms with Crippen molar-refractivity contribution < 1.29 is 19.1 Å². The number of hydrogen-bond acceptors (Lipinski definition) is 6. The molecule has 2 aliphatic rings. The van der Waals surface area contributed by atoms with E-state index in [4.69, 9.17) is 9.47 Å². The quantitative estimate of drug-likeness (QED) is 0.804. The fourth-order valence-electron chi connectivity index (χ4n) is 2.64. The van der Waals surface area contributed by atoms with Crippen LogP contribution in [0, 0.1) is 0 Å². The fraction of sp³-hybridized carbons (Fsp3) is 0.471. The number of aliphatic imine (C=N–C) groups is 1.